The zero-order valence-corrected chi connectivity index (χ0v) is 11.4. The molecular formula is C15H15N3S. The number of rotatable bonds is 3. The van der Waals surface area contributed by atoms with Crippen molar-refractivity contribution in [2.45, 2.75) is 13.0 Å². The number of fused-ring (bicyclic) bond motifs is 1. The van der Waals surface area contributed by atoms with Crippen molar-refractivity contribution in [2.75, 3.05) is 0 Å². The second-order valence-electron chi connectivity index (χ2n) is 4.45. The summed E-state index contributed by atoms with van der Waals surface area (Å²) < 4.78 is 0. The van der Waals surface area contributed by atoms with E-state index in [-0.39, 0.29) is 6.04 Å². The van der Waals surface area contributed by atoms with Gasteiger partial charge in [0.15, 0.2) is 0 Å². The third-order valence-corrected chi connectivity index (χ3v) is 4.22. The summed E-state index contributed by atoms with van der Waals surface area (Å²) in [7, 11) is 0. The van der Waals surface area contributed by atoms with Gasteiger partial charge in [-0.1, -0.05) is 24.3 Å². The van der Waals surface area contributed by atoms with Gasteiger partial charge in [-0.15, -0.1) is 11.3 Å². The Bertz CT molecular complexity index is 700. The van der Waals surface area contributed by atoms with Crippen LogP contribution in [-0.2, 0) is 0 Å². The van der Waals surface area contributed by atoms with Gasteiger partial charge in [-0.2, -0.15) is 0 Å². The maximum atomic E-state index is 5.77. The number of hydrazine groups is 1. The third-order valence-electron chi connectivity index (χ3n) is 3.35. The average molecular weight is 269 g/mol. The van der Waals surface area contributed by atoms with Crippen molar-refractivity contribution in [3.63, 3.8) is 0 Å². The van der Waals surface area contributed by atoms with E-state index in [1.54, 1.807) is 11.3 Å². The van der Waals surface area contributed by atoms with Crippen molar-refractivity contribution < 1.29 is 0 Å². The highest BCUT2D eigenvalue weighted by molar-refractivity contribution is 7.10. The van der Waals surface area contributed by atoms with Crippen LogP contribution in [-0.4, -0.2) is 4.98 Å². The molecule has 2 heterocycles. The number of hydrogen-bond acceptors (Lipinski definition) is 4. The summed E-state index contributed by atoms with van der Waals surface area (Å²) in [5, 5.41) is 4.40. The highest BCUT2D eigenvalue weighted by atomic mass is 32.1. The minimum Gasteiger partial charge on any atom is -0.271 e. The number of nitrogens with one attached hydrogen (secondary N) is 1. The number of thiophene rings is 1. The molecule has 0 amide bonds. The van der Waals surface area contributed by atoms with Crippen LogP contribution in [0, 0.1) is 6.92 Å². The lowest BCUT2D eigenvalue weighted by atomic mass is 10.00. The second kappa shape index (κ2) is 5.09. The van der Waals surface area contributed by atoms with Crippen LogP contribution in [0.4, 0.5) is 0 Å². The van der Waals surface area contributed by atoms with Crippen molar-refractivity contribution in [2.24, 2.45) is 5.84 Å². The van der Waals surface area contributed by atoms with Gasteiger partial charge in [0.05, 0.1) is 11.7 Å². The van der Waals surface area contributed by atoms with Crippen LogP contribution in [0.25, 0.3) is 10.8 Å². The summed E-state index contributed by atoms with van der Waals surface area (Å²) in [4.78, 5) is 5.80. The number of nitrogens with two attached hydrogens (primary N) is 1. The Balaban J connectivity index is 2.20. The van der Waals surface area contributed by atoms with E-state index in [0.717, 1.165) is 11.1 Å². The lowest BCUT2D eigenvalue weighted by Crippen LogP contribution is -2.29. The zero-order chi connectivity index (χ0) is 13.2. The summed E-state index contributed by atoms with van der Waals surface area (Å²) in [6, 6.07) is 12.3. The molecule has 2 aromatic heterocycles. The Labute approximate surface area is 116 Å². The molecule has 96 valence electrons. The minimum atomic E-state index is -0.0719. The summed E-state index contributed by atoms with van der Waals surface area (Å²) in [5.41, 5.74) is 5.06. The SMILES string of the molecule is Cc1sccc1C(NN)c1nccc2ccccc12. The fourth-order valence-corrected chi connectivity index (χ4v) is 3.12. The molecule has 19 heavy (non-hydrogen) atoms. The van der Waals surface area contributed by atoms with E-state index < -0.39 is 0 Å². The first kappa shape index (κ1) is 12.3. The lowest BCUT2D eigenvalue weighted by Gasteiger charge is -2.17. The molecule has 0 radical (unpaired) electrons. The zero-order valence-electron chi connectivity index (χ0n) is 10.6. The van der Waals surface area contributed by atoms with Gasteiger partial charge in [0, 0.05) is 16.5 Å². The van der Waals surface area contributed by atoms with Crippen molar-refractivity contribution in [1.82, 2.24) is 10.4 Å². The van der Waals surface area contributed by atoms with Crippen LogP contribution in [0.5, 0.6) is 0 Å². The number of hydrogen-bond donors (Lipinski definition) is 2. The normalized spacial score (nSPS) is 12.7. The number of pyridine rings is 1. The Morgan fingerprint density at radius 2 is 2.05 bits per heavy atom. The first-order valence-corrected chi connectivity index (χ1v) is 7.03. The fraction of sp³-hybridized carbons (Fsp3) is 0.133. The van der Waals surface area contributed by atoms with E-state index >= 15 is 0 Å². The highest BCUT2D eigenvalue weighted by Gasteiger charge is 2.18. The average Bonchev–Trinajstić information content (AvgIpc) is 2.86. The molecule has 1 unspecified atom stereocenters. The number of aromatic nitrogens is 1. The predicted octanol–water partition coefficient (Wildman–Crippen LogP) is 3.16. The monoisotopic (exact) mass is 269 g/mol. The lowest BCUT2D eigenvalue weighted by molar-refractivity contribution is 0.625. The molecular weight excluding hydrogens is 254 g/mol. The molecule has 0 aliphatic heterocycles. The van der Waals surface area contributed by atoms with Crippen molar-refractivity contribution in [3.05, 3.63) is 64.1 Å². The Morgan fingerprint density at radius 3 is 2.79 bits per heavy atom. The molecule has 3 nitrogen and oxygen atoms in total. The molecule has 0 saturated heterocycles. The van der Waals surface area contributed by atoms with Crippen LogP contribution < -0.4 is 11.3 Å². The third kappa shape index (κ3) is 2.14. The molecule has 0 bridgehead atoms. The van der Waals surface area contributed by atoms with E-state index in [0.29, 0.717) is 0 Å². The van der Waals surface area contributed by atoms with E-state index in [2.05, 4.69) is 40.9 Å². The van der Waals surface area contributed by atoms with E-state index in [1.165, 1.54) is 15.8 Å². The largest absolute Gasteiger partial charge is 0.271 e. The molecule has 0 aliphatic rings. The Kier molecular flexibility index (Phi) is 3.29. The standard InChI is InChI=1S/C15H15N3S/c1-10-12(7-9-19-10)15(18-16)14-13-5-3-2-4-11(13)6-8-17-14/h2-9,15,18H,16H2,1H3. The van der Waals surface area contributed by atoms with Gasteiger partial charge >= 0.3 is 0 Å². The minimum absolute atomic E-state index is 0.0719. The first-order chi connectivity index (χ1) is 9.31. The van der Waals surface area contributed by atoms with Crippen LogP contribution >= 0.6 is 11.3 Å². The molecule has 1 atom stereocenters. The van der Waals surface area contributed by atoms with Gasteiger partial charge in [0.1, 0.15) is 0 Å². The molecule has 3 N–H and O–H groups in total. The van der Waals surface area contributed by atoms with E-state index in [9.17, 15) is 0 Å². The predicted molar refractivity (Wildman–Crippen MR) is 80.0 cm³/mol. The van der Waals surface area contributed by atoms with Crippen LogP contribution in [0.15, 0.2) is 48.0 Å². The molecule has 0 fully saturated rings. The van der Waals surface area contributed by atoms with Crippen molar-refractivity contribution in [1.29, 1.82) is 0 Å². The van der Waals surface area contributed by atoms with Gasteiger partial charge in [-0.05, 0) is 35.4 Å². The van der Waals surface area contributed by atoms with Crippen molar-refractivity contribution >= 4 is 22.1 Å². The number of aryl methyl sites for hydroxylation is 1. The molecule has 3 aromatic rings. The van der Waals surface area contributed by atoms with Crippen LogP contribution in [0.3, 0.4) is 0 Å². The molecule has 0 saturated carbocycles. The molecule has 3 rings (SSSR count). The maximum absolute atomic E-state index is 5.77. The fourth-order valence-electron chi connectivity index (χ4n) is 2.38. The van der Waals surface area contributed by atoms with Gasteiger partial charge in [0.2, 0.25) is 0 Å². The number of benzene rings is 1. The van der Waals surface area contributed by atoms with E-state index in [1.807, 2.05) is 24.4 Å². The Morgan fingerprint density at radius 1 is 1.21 bits per heavy atom. The van der Waals surface area contributed by atoms with Crippen LogP contribution in [0.1, 0.15) is 22.2 Å². The molecule has 0 spiro atoms. The van der Waals surface area contributed by atoms with Gasteiger partial charge in [-0.3, -0.25) is 10.8 Å². The summed E-state index contributed by atoms with van der Waals surface area (Å²) in [6.07, 6.45) is 1.84. The first-order valence-electron chi connectivity index (χ1n) is 6.15. The molecule has 0 aliphatic carbocycles. The quantitative estimate of drug-likeness (QED) is 0.567. The van der Waals surface area contributed by atoms with E-state index in [4.69, 9.17) is 5.84 Å². The van der Waals surface area contributed by atoms with Crippen LogP contribution in [0.2, 0.25) is 0 Å². The molecule has 4 heteroatoms. The van der Waals surface area contributed by atoms with Gasteiger partial charge in [-0.25, -0.2) is 5.43 Å². The van der Waals surface area contributed by atoms with Crippen molar-refractivity contribution in [3.8, 4) is 0 Å². The summed E-state index contributed by atoms with van der Waals surface area (Å²) in [5.74, 6) is 5.77. The summed E-state index contributed by atoms with van der Waals surface area (Å²) in [6.45, 7) is 2.11. The second-order valence-corrected chi connectivity index (χ2v) is 5.57. The maximum Gasteiger partial charge on any atom is 0.0898 e. The smallest absolute Gasteiger partial charge is 0.0898 e. The highest BCUT2D eigenvalue weighted by Crippen LogP contribution is 2.30. The van der Waals surface area contributed by atoms with Gasteiger partial charge < -0.3 is 0 Å². The van der Waals surface area contributed by atoms with Gasteiger partial charge in [0.25, 0.3) is 0 Å². The number of nitrogens with zero attached hydrogens (tertiary/aromatic N) is 1. The topological polar surface area (TPSA) is 50.9 Å². The Hall–Kier alpha value is -1.75. The summed E-state index contributed by atoms with van der Waals surface area (Å²) >= 11 is 1.72. The molecule has 1 aromatic carbocycles.